The van der Waals surface area contributed by atoms with Gasteiger partial charge in [-0.05, 0) is 31.9 Å². The Kier molecular flexibility index (Phi) is 4.11. The third kappa shape index (κ3) is 2.88. The summed E-state index contributed by atoms with van der Waals surface area (Å²) in [5, 5.41) is 3.65. The van der Waals surface area contributed by atoms with Gasteiger partial charge in [-0.15, -0.1) is 0 Å². The predicted octanol–water partition coefficient (Wildman–Crippen LogP) is 2.91. The van der Waals surface area contributed by atoms with E-state index >= 15 is 0 Å². The van der Waals surface area contributed by atoms with E-state index in [1.807, 2.05) is 0 Å². The van der Waals surface area contributed by atoms with Crippen molar-refractivity contribution in [2.24, 2.45) is 5.92 Å². The van der Waals surface area contributed by atoms with E-state index in [4.69, 9.17) is 0 Å². The summed E-state index contributed by atoms with van der Waals surface area (Å²) >= 11 is 2.05. The molecule has 0 heterocycles. The molecule has 0 aromatic carbocycles. The molecule has 0 radical (unpaired) electrons. The number of thioether (sulfide) groups is 1. The Morgan fingerprint density at radius 1 is 1.31 bits per heavy atom. The molecule has 0 aromatic rings. The fourth-order valence-electron chi connectivity index (χ4n) is 1.61. The molecule has 2 heteroatoms. The molecule has 0 amide bonds. The van der Waals surface area contributed by atoms with E-state index in [9.17, 15) is 0 Å². The van der Waals surface area contributed by atoms with Crippen LogP contribution in [0, 0.1) is 5.92 Å². The molecule has 1 aliphatic rings. The van der Waals surface area contributed by atoms with Gasteiger partial charge in [0.2, 0.25) is 0 Å². The van der Waals surface area contributed by atoms with Crippen molar-refractivity contribution in [2.75, 3.05) is 12.8 Å². The second-order valence-electron chi connectivity index (χ2n) is 4.65. The molecule has 0 bridgehead atoms. The first kappa shape index (κ1) is 11.4. The summed E-state index contributed by atoms with van der Waals surface area (Å²) in [5.41, 5.74) is 0. The standard InChI is InChI=1S/C11H23NS/c1-9(2)10(3)12-8-11(13-4)6-5-7-11/h9-10,12H,5-8H2,1-4H3. The summed E-state index contributed by atoms with van der Waals surface area (Å²) in [6, 6.07) is 0.657. The van der Waals surface area contributed by atoms with Crippen LogP contribution in [0.5, 0.6) is 0 Å². The van der Waals surface area contributed by atoms with E-state index in [2.05, 4.69) is 44.1 Å². The monoisotopic (exact) mass is 201 g/mol. The summed E-state index contributed by atoms with van der Waals surface area (Å²) in [7, 11) is 0. The zero-order chi connectivity index (χ0) is 9.90. The average molecular weight is 201 g/mol. The van der Waals surface area contributed by atoms with Crippen molar-refractivity contribution in [3.05, 3.63) is 0 Å². The van der Waals surface area contributed by atoms with Crippen LogP contribution in [0.2, 0.25) is 0 Å². The molecule has 1 unspecified atom stereocenters. The Balaban J connectivity index is 2.24. The first-order chi connectivity index (χ1) is 6.09. The van der Waals surface area contributed by atoms with Crippen LogP contribution < -0.4 is 5.32 Å². The summed E-state index contributed by atoms with van der Waals surface area (Å²) in [6.45, 7) is 8.05. The van der Waals surface area contributed by atoms with Crippen molar-refractivity contribution in [1.82, 2.24) is 5.32 Å². The largest absolute Gasteiger partial charge is 0.313 e. The molecular formula is C11H23NS. The third-order valence-corrected chi connectivity index (χ3v) is 4.86. The van der Waals surface area contributed by atoms with Crippen LogP contribution in [-0.2, 0) is 0 Å². The zero-order valence-corrected chi connectivity index (χ0v) is 10.2. The summed E-state index contributed by atoms with van der Waals surface area (Å²) in [5.74, 6) is 0.749. The first-order valence-corrected chi connectivity index (χ1v) is 6.61. The second kappa shape index (κ2) is 4.70. The second-order valence-corrected chi connectivity index (χ2v) is 5.93. The smallest absolute Gasteiger partial charge is 0.0281 e. The molecule has 1 atom stereocenters. The van der Waals surface area contributed by atoms with E-state index in [1.165, 1.54) is 25.8 Å². The Morgan fingerprint density at radius 3 is 2.23 bits per heavy atom. The number of hydrogen-bond acceptors (Lipinski definition) is 2. The van der Waals surface area contributed by atoms with E-state index in [-0.39, 0.29) is 0 Å². The molecule has 0 spiro atoms. The van der Waals surface area contributed by atoms with Crippen molar-refractivity contribution in [3.63, 3.8) is 0 Å². The molecule has 0 aromatic heterocycles. The lowest BCUT2D eigenvalue weighted by molar-refractivity contribution is 0.314. The first-order valence-electron chi connectivity index (χ1n) is 5.38. The van der Waals surface area contributed by atoms with Crippen LogP contribution in [0.25, 0.3) is 0 Å². The van der Waals surface area contributed by atoms with Gasteiger partial charge in [-0.25, -0.2) is 0 Å². The molecule has 1 N–H and O–H groups in total. The summed E-state index contributed by atoms with van der Waals surface area (Å²) in [6.07, 6.45) is 6.50. The van der Waals surface area contributed by atoms with Crippen LogP contribution >= 0.6 is 11.8 Å². The van der Waals surface area contributed by atoms with Crippen molar-refractivity contribution < 1.29 is 0 Å². The predicted molar refractivity (Wildman–Crippen MR) is 62.4 cm³/mol. The van der Waals surface area contributed by atoms with E-state index in [0.29, 0.717) is 10.8 Å². The van der Waals surface area contributed by atoms with Crippen LogP contribution in [0.4, 0.5) is 0 Å². The van der Waals surface area contributed by atoms with Crippen molar-refractivity contribution in [2.45, 2.75) is 50.8 Å². The van der Waals surface area contributed by atoms with Gasteiger partial charge in [0.1, 0.15) is 0 Å². The molecule has 1 aliphatic carbocycles. The van der Waals surface area contributed by atoms with Gasteiger partial charge in [0.05, 0.1) is 0 Å². The Morgan fingerprint density at radius 2 is 1.92 bits per heavy atom. The minimum atomic E-state index is 0.586. The number of nitrogens with one attached hydrogen (secondary N) is 1. The van der Waals surface area contributed by atoms with Gasteiger partial charge >= 0.3 is 0 Å². The van der Waals surface area contributed by atoms with Gasteiger partial charge in [0, 0.05) is 17.3 Å². The highest BCUT2D eigenvalue weighted by Crippen LogP contribution is 2.42. The highest BCUT2D eigenvalue weighted by molar-refractivity contribution is 8.00. The normalized spacial score (nSPS) is 22.8. The lowest BCUT2D eigenvalue weighted by Gasteiger charge is -2.41. The average Bonchev–Trinajstić information content (AvgIpc) is 2.02. The minimum absolute atomic E-state index is 0.586. The molecule has 13 heavy (non-hydrogen) atoms. The molecule has 1 nitrogen and oxygen atoms in total. The lowest BCUT2D eigenvalue weighted by atomic mass is 9.84. The van der Waals surface area contributed by atoms with Gasteiger partial charge in [-0.3, -0.25) is 0 Å². The van der Waals surface area contributed by atoms with Gasteiger partial charge < -0.3 is 5.32 Å². The van der Waals surface area contributed by atoms with Gasteiger partial charge in [-0.2, -0.15) is 11.8 Å². The highest BCUT2D eigenvalue weighted by Gasteiger charge is 2.35. The lowest BCUT2D eigenvalue weighted by Crippen LogP contribution is -2.47. The van der Waals surface area contributed by atoms with E-state index in [0.717, 1.165) is 5.92 Å². The Bertz CT molecular complexity index is 147. The molecule has 0 aliphatic heterocycles. The summed E-state index contributed by atoms with van der Waals surface area (Å²) in [4.78, 5) is 0. The van der Waals surface area contributed by atoms with Crippen molar-refractivity contribution in [1.29, 1.82) is 0 Å². The maximum absolute atomic E-state index is 3.65. The SMILES string of the molecule is CSC1(CNC(C)C(C)C)CCC1. The molecular weight excluding hydrogens is 178 g/mol. The molecule has 1 saturated carbocycles. The quantitative estimate of drug-likeness (QED) is 0.734. The highest BCUT2D eigenvalue weighted by atomic mass is 32.2. The summed E-state index contributed by atoms with van der Waals surface area (Å²) < 4.78 is 0.586. The van der Waals surface area contributed by atoms with Gasteiger partial charge in [0.25, 0.3) is 0 Å². The van der Waals surface area contributed by atoms with Gasteiger partial charge in [-0.1, -0.05) is 20.3 Å². The number of rotatable bonds is 5. The Hall–Kier alpha value is 0.310. The third-order valence-electron chi connectivity index (χ3n) is 3.44. The fraction of sp³-hybridized carbons (Fsp3) is 1.00. The van der Waals surface area contributed by atoms with Gasteiger partial charge in [0.15, 0.2) is 0 Å². The number of hydrogen-bond donors (Lipinski definition) is 1. The van der Waals surface area contributed by atoms with Crippen LogP contribution in [0.1, 0.15) is 40.0 Å². The van der Waals surface area contributed by atoms with Crippen LogP contribution in [-0.4, -0.2) is 23.6 Å². The topological polar surface area (TPSA) is 12.0 Å². The zero-order valence-electron chi connectivity index (χ0n) is 9.39. The maximum Gasteiger partial charge on any atom is 0.0281 e. The minimum Gasteiger partial charge on any atom is -0.313 e. The van der Waals surface area contributed by atoms with Crippen molar-refractivity contribution in [3.8, 4) is 0 Å². The van der Waals surface area contributed by atoms with E-state index in [1.54, 1.807) is 0 Å². The van der Waals surface area contributed by atoms with E-state index < -0.39 is 0 Å². The van der Waals surface area contributed by atoms with Crippen molar-refractivity contribution >= 4 is 11.8 Å². The Labute approximate surface area is 87.1 Å². The van der Waals surface area contributed by atoms with Crippen LogP contribution in [0.15, 0.2) is 0 Å². The fourth-order valence-corrected chi connectivity index (χ4v) is 2.53. The molecule has 1 rings (SSSR count). The maximum atomic E-state index is 3.65. The van der Waals surface area contributed by atoms with Crippen LogP contribution in [0.3, 0.4) is 0 Å². The molecule has 0 saturated heterocycles. The molecule has 78 valence electrons. The molecule has 1 fully saturated rings.